The first-order valence-corrected chi connectivity index (χ1v) is 9.37. The van der Waals surface area contributed by atoms with Crippen molar-refractivity contribution in [1.82, 2.24) is 14.9 Å². The van der Waals surface area contributed by atoms with Crippen LogP contribution in [-0.4, -0.2) is 45.7 Å². The Labute approximate surface area is 145 Å². The molecule has 7 nitrogen and oxygen atoms in total. The normalized spacial score (nSPS) is 31.5. The van der Waals surface area contributed by atoms with Crippen LogP contribution in [0.5, 0.6) is 0 Å². The van der Waals surface area contributed by atoms with Crippen molar-refractivity contribution in [2.75, 3.05) is 6.61 Å². The highest BCUT2D eigenvalue weighted by Crippen LogP contribution is 2.38. The fourth-order valence-electron chi connectivity index (χ4n) is 4.21. The van der Waals surface area contributed by atoms with Gasteiger partial charge in [0.25, 0.3) is 11.5 Å². The van der Waals surface area contributed by atoms with Gasteiger partial charge >= 0.3 is 0 Å². The minimum Gasteiger partial charge on any atom is -0.376 e. The number of carbonyl (C=O) groups excluding carboxylic acids is 1. The van der Waals surface area contributed by atoms with Gasteiger partial charge in [0.15, 0.2) is 0 Å². The van der Waals surface area contributed by atoms with Crippen molar-refractivity contribution in [3.63, 3.8) is 0 Å². The maximum absolute atomic E-state index is 12.8. The van der Waals surface area contributed by atoms with Crippen LogP contribution in [0.1, 0.15) is 61.5 Å². The number of H-pyrrole nitrogens is 1. The number of nitrogens with zero attached hydrogens (tertiary/aromatic N) is 2. The summed E-state index contributed by atoms with van der Waals surface area (Å²) in [6, 6.07) is 0. The Balaban J connectivity index is 1.27. The Hall–Kier alpha value is -1.73. The number of ether oxygens (including phenoxy) is 2. The summed E-state index contributed by atoms with van der Waals surface area (Å²) in [6.45, 7) is 1.55. The first-order valence-electron chi connectivity index (χ1n) is 9.37. The fourth-order valence-corrected chi connectivity index (χ4v) is 4.21. The molecule has 1 aliphatic carbocycles. The summed E-state index contributed by atoms with van der Waals surface area (Å²) in [5, 5.41) is 0. The van der Waals surface area contributed by atoms with Gasteiger partial charge in [-0.1, -0.05) is 0 Å². The van der Waals surface area contributed by atoms with E-state index in [1.165, 1.54) is 0 Å². The summed E-state index contributed by atoms with van der Waals surface area (Å²) in [4.78, 5) is 34.3. The zero-order valence-corrected chi connectivity index (χ0v) is 14.2. The standard InChI is InChI=1S/C18H23N3O4/c22-17-11-8-21(9-12(11)19-16(20-17)10-3-4-10)18(23)15-6-5-14(25-15)13-2-1-7-24-13/h10,13-15H,1-9H2,(H,19,20,22). The molecule has 1 aromatic heterocycles. The number of carbonyl (C=O) groups is 1. The number of hydrogen-bond acceptors (Lipinski definition) is 5. The quantitative estimate of drug-likeness (QED) is 0.890. The van der Waals surface area contributed by atoms with Crippen LogP contribution in [0.25, 0.3) is 0 Å². The second kappa shape index (κ2) is 5.92. The highest BCUT2D eigenvalue weighted by Gasteiger charge is 2.40. The van der Waals surface area contributed by atoms with Gasteiger partial charge < -0.3 is 19.4 Å². The number of amides is 1. The minimum absolute atomic E-state index is 0.0223. The molecule has 4 aliphatic rings. The van der Waals surface area contributed by atoms with Gasteiger partial charge in [-0.05, 0) is 38.5 Å². The lowest BCUT2D eigenvalue weighted by Crippen LogP contribution is -2.37. The van der Waals surface area contributed by atoms with Gasteiger partial charge in [0.2, 0.25) is 0 Å². The highest BCUT2D eigenvalue weighted by atomic mass is 16.6. The molecule has 0 radical (unpaired) electrons. The number of rotatable bonds is 3. The molecule has 3 atom stereocenters. The summed E-state index contributed by atoms with van der Waals surface area (Å²) >= 11 is 0. The van der Waals surface area contributed by atoms with Crippen molar-refractivity contribution in [3.05, 3.63) is 27.4 Å². The van der Waals surface area contributed by atoms with Crippen LogP contribution >= 0.6 is 0 Å². The third kappa shape index (κ3) is 2.79. The maximum Gasteiger partial charge on any atom is 0.256 e. The van der Waals surface area contributed by atoms with Crippen molar-refractivity contribution >= 4 is 5.91 Å². The lowest BCUT2D eigenvalue weighted by atomic mass is 10.1. The number of aromatic amines is 1. The number of hydrogen-bond donors (Lipinski definition) is 1. The van der Waals surface area contributed by atoms with Gasteiger partial charge in [0.05, 0.1) is 36.6 Å². The largest absolute Gasteiger partial charge is 0.376 e. The molecule has 0 spiro atoms. The van der Waals surface area contributed by atoms with Crippen molar-refractivity contribution in [1.29, 1.82) is 0 Å². The Morgan fingerprint density at radius 1 is 1.12 bits per heavy atom. The first kappa shape index (κ1) is 15.5. The molecular weight excluding hydrogens is 322 g/mol. The number of aromatic nitrogens is 2. The van der Waals surface area contributed by atoms with E-state index in [-0.39, 0.29) is 23.7 Å². The number of fused-ring (bicyclic) bond motifs is 1. The van der Waals surface area contributed by atoms with Gasteiger partial charge in [-0.25, -0.2) is 4.98 Å². The van der Waals surface area contributed by atoms with Crippen LogP contribution in [0.15, 0.2) is 4.79 Å². The van der Waals surface area contributed by atoms with Gasteiger partial charge in [-0.3, -0.25) is 9.59 Å². The van der Waals surface area contributed by atoms with E-state index in [4.69, 9.17) is 9.47 Å². The second-order valence-electron chi connectivity index (χ2n) is 7.64. The van der Waals surface area contributed by atoms with Crippen LogP contribution in [0.3, 0.4) is 0 Å². The van der Waals surface area contributed by atoms with E-state index in [0.717, 1.165) is 56.7 Å². The van der Waals surface area contributed by atoms with Crippen molar-refractivity contribution in [2.45, 2.75) is 75.8 Å². The molecule has 5 rings (SSSR count). The molecule has 3 unspecified atom stereocenters. The molecular formula is C18H23N3O4. The Morgan fingerprint density at radius 3 is 2.76 bits per heavy atom. The van der Waals surface area contributed by atoms with E-state index in [9.17, 15) is 9.59 Å². The molecule has 134 valence electrons. The average Bonchev–Trinajstić information content (AvgIpc) is 3.06. The van der Waals surface area contributed by atoms with Crippen molar-refractivity contribution in [3.8, 4) is 0 Å². The van der Waals surface area contributed by atoms with Gasteiger partial charge in [-0.15, -0.1) is 0 Å². The van der Waals surface area contributed by atoms with Crippen LogP contribution in [0.4, 0.5) is 0 Å². The Kier molecular flexibility index (Phi) is 3.67. The summed E-state index contributed by atoms with van der Waals surface area (Å²) in [6.07, 6.45) is 5.62. The highest BCUT2D eigenvalue weighted by molar-refractivity contribution is 5.81. The molecule has 1 amide bonds. The van der Waals surface area contributed by atoms with E-state index < -0.39 is 6.10 Å². The topological polar surface area (TPSA) is 84.5 Å². The third-order valence-electron chi connectivity index (χ3n) is 5.79. The van der Waals surface area contributed by atoms with Gasteiger partial charge in [0, 0.05) is 12.5 Å². The first-order chi connectivity index (χ1) is 12.2. The molecule has 1 saturated carbocycles. The second-order valence-corrected chi connectivity index (χ2v) is 7.64. The molecule has 7 heteroatoms. The fraction of sp³-hybridized carbons (Fsp3) is 0.722. The van der Waals surface area contributed by atoms with E-state index >= 15 is 0 Å². The predicted molar refractivity (Wildman–Crippen MR) is 88.0 cm³/mol. The van der Waals surface area contributed by atoms with Crippen LogP contribution in [0, 0.1) is 0 Å². The Morgan fingerprint density at radius 2 is 2.00 bits per heavy atom. The lowest BCUT2D eigenvalue weighted by molar-refractivity contribution is -0.146. The summed E-state index contributed by atoms with van der Waals surface area (Å²) < 4.78 is 11.7. The molecule has 3 fully saturated rings. The molecule has 0 bridgehead atoms. The lowest BCUT2D eigenvalue weighted by Gasteiger charge is -2.22. The Bertz CT molecular complexity index is 751. The van der Waals surface area contributed by atoms with Crippen LogP contribution < -0.4 is 5.56 Å². The SMILES string of the molecule is O=C(C1CCC(C2CCCO2)O1)N1Cc2nc(C3CC3)[nH]c(=O)c2C1. The monoisotopic (exact) mass is 345 g/mol. The molecule has 0 aromatic carbocycles. The zero-order valence-electron chi connectivity index (χ0n) is 14.2. The summed E-state index contributed by atoms with van der Waals surface area (Å²) in [5.74, 6) is 1.16. The minimum atomic E-state index is -0.412. The average molecular weight is 345 g/mol. The number of nitrogens with one attached hydrogen (secondary N) is 1. The molecule has 25 heavy (non-hydrogen) atoms. The zero-order chi connectivity index (χ0) is 17.0. The van der Waals surface area contributed by atoms with Gasteiger partial charge in [-0.2, -0.15) is 0 Å². The summed E-state index contributed by atoms with van der Waals surface area (Å²) in [5.41, 5.74) is 1.30. The van der Waals surface area contributed by atoms with Crippen LogP contribution in [-0.2, 0) is 27.4 Å². The summed E-state index contributed by atoms with van der Waals surface area (Å²) in [7, 11) is 0. The van der Waals surface area contributed by atoms with Crippen molar-refractivity contribution in [2.24, 2.45) is 0 Å². The molecule has 1 N–H and O–H groups in total. The molecule has 3 aliphatic heterocycles. The molecule has 1 aromatic rings. The third-order valence-corrected chi connectivity index (χ3v) is 5.79. The molecule has 2 saturated heterocycles. The van der Waals surface area contributed by atoms with Crippen LogP contribution in [0.2, 0.25) is 0 Å². The smallest absolute Gasteiger partial charge is 0.256 e. The van der Waals surface area contributed by atoms with E-state index in [2.05, 4.69) is 9.97 Å². The van der Waals surface area contributed by atoms with E-state index in [1.807, 2.05) is 0 Å². The van der Waals surface area contributed by atoms with E-state index in [0.29, 0.717) is 24.6 Å². The predicted octanol–water partition coefficient (Wildman–Crippen LogP) is 1.22. The van der Waals surface area contributed by atoms with E-state index in [1.54, 1.807) is 4.90 Å². The maximum atomic E-state index is 12.8. The van der Waals surface area contributed by atoms with Crippen molar-refractivity contribution < 1.29 is 14.3 Å². The molecule has 4 heterocycles. The van der Waals surface area contributed by atoms with Gasteiger partial charge in [0.1, 0.15) is 11.9 Å².